The molecule has 1 N–H and O–H groups in total. The molecule has 0 saturated carbocycles. The van der Waals surface area contributed by atoms with Crippen molar-refractivity contribution in [3.05, 3.63) is 44.9 Å². The molecule has 21 heavy (non-hydrogen) atoms. The minimum Gasteiger partial charge on any atom is -0.347 e. The number of hydrogen-bond acceptors (Lipinski definition) is 4. The molecule has 0 amide bonds. The van der Waals surface area contributed by atoms with Crippen LogP contribution >= 0.6 is 27.3 Å². The molecule has 0 atom stereocenters. The number of aromatic nitrogens is 1. The quantitative estimate of drug-likeness (QED) is 0.820. The molecule has 0 aliphatic heterocycles. The topological polar surface area (TPSA) is 28.2 Å². The van der Waals surface area contributed by atoms with Crippen LogP contribution in [0.25, 0.3) is 0 Å². The van der Waals surface area contributed by atoms with Crippen LogP contribution in [-0.2, 0) is 13.1 Å². The van der Waals surface area contributed by atoms with Gasteiger partial charge in [-0.3, -0.25) is 0 Å². The van der Waals surface area contributed by atoms with Gasteiger partial charge in [0.05, 0.1) is 5.69 Å². The lowest BCUT2D eigenvalue weighted by Crippen LogP contribution is -2.16. The Balaban J connectivity index is 2.16. The Hall–Kier alpha value is -0.910. The Bertz CT molecular complexity index is 578. The summed E-state index contributed by atoms with van der Waals surface area (Å²) in [6.45, 7) is 6.16. The standard InChI is InChI=1S/C16H22BrN3S/c1-11(2)15-14(9-18-3)21-16(19-15)20(4)10-12-5-7-13(17)8-6-12/h5-8,11,18H,9-10H2,1-4H3. The Kier molecular flexibility index (Phi) is 5.79. The third kappa shape index (κ3) is 4.28. The number of thiazole rings is 1. The van der Waals surface area contributed by atoms with Gasteiger partial charge in [-0.25, -0.2) is 4.98 Å². The van der Waals surface area contributed by atoms with E-state index in [0.29, 0.717) is 5.92 Å². The number of benzene rings is 1. The smallest absolute Gasteiger partial charge is 0.185 e. The molecule has 0 spiro atoms. The zero-order chi connectivity index (χ0) is 15.4. The second-order valence-electron chi connectivity index (χ2n) is 5.47. The minimum absolute atomic E-state index is 0.458. The second-order valence-corrected chi connectivity index (χ2v) is 7.45. The third-order valence-corrected chi connectivity index (χ3v) is 4.97. The molecule has 0 unspecified atom stereocenters. The van der Waals surface area contributed by atoms with Gasteiger partial charge in [0, 0.05) is 29.5 Å². The molecular weight excluding hydrogens is 346 g/mol. The van der Waals surface area contributed by atoms with Crippen molar-refractivity contribution in [1.82, 2.24) is 10.3 Å². The van der Waals surface area contributed by atoms with Crippen LogP contribution in [0.15, 0.2) is 28.7 Å². The van der Waals surface area contributed by atoms with E-state index in [1.54, 1.807) is 11.3 Å². The summed E-state index contributed by atoms with van der Waals surface area (Å²) in [6.07, 6.45) is 0. The molecule has 114 valence electrons. The molecule has 0 saturated heterocycles. The zero-order valence-electron chi connectivity index (χ0n) is 13.0. The summed E-state index contributed by atoms with van der Waals surface area (Å²) in [5, 5.41) is 4.32. The molecule has 0 radical (unpaired) electrons. The van der Waals surface area contributed by atoms with Crippen LogP contribution in [0.4, 0.5) is 5.13 Å². The summed E-state index contributed by atoms with van der Waals surface area (Å²) in [4.78, 5) is 8.40. The molecule has 5 heteroatoms. The lowest BCUT2D eigenvalue weighted by molar-refractivity contribution is 0.768. The van der Waals surface area contributed by atoms with Crippen LogP contribution in [0, 0.1) is 0 Å². The van der Waals surface area contributed by atoms with Crippen molar-refractivity contribution in [2.75, 3.05) is 19.0 Å². The van der Waals surface area contributed by atoms with Gasteiger partial charge in [0.2, 0.25) is 0 Å². The Morgan fingerprint density at radius 2 is 1.95 bits per heavy atom. The SMILES string of the molecule is CNCc1sc(N(C)Cc2ccc(Br)cc2)nc1C(C)C. The normalized spacial score (nSPS) is 11.1. The van der Waals surface area contributed by atoms with Crippen molar-refractivity contribution in [3.63, 3.8) is 0 Å². The Morgan fingerprint density at radius 3 is 2.52 bits per heavy atom. The van der Waals surface area contributed by atoms with Crippen LogP contribution < -0.4 is 10.2 Å². The van der Waals surface area contributed by atoms with Gasteiger partial charge >= 0.3 is 0 Å². The van der Waals surface area contributed by atoms with Crippen molar-refractivity contribution in [2.24, 2.45) is 0 Å². The second kappa shape index (κ2) is 7.38. The van der Waals surface area contributed by atoms with E-state index in [9.17, 15) is 0 Å². The fourth-order valence-corrected chi connectivity index (χ4v) is 3.64. The van der Waals surface area contributed by atoms with Crippen LogP contribution in [0.5, 0.6) is 0 Å². The number of anilines is 1. The molecule has 2 aromatic rings. The molecule has 3 nitrogen and oxygen atoms in total. The lowest BCUT2D eigenvalue weighted by atomic mass is 10.1. The van der Waals surface area contributed by atoms with Crippen molar-refractivity contribution in [3.8, 4) is 0 Å². The first-order valence-corrected chi connectivity index (χ1v) is 8.72. The summed E-state index contributed by atoms with van der Waals surface area (Å²) in [5.74, 6) is 0.458. The average Bonchev–Trinajstić information content (AvgIpc) is 2.86. The first-order valence-electron chi connectivity index (χ1n) is 7.11. The summed E-state index contributed by atoms with van der Waals surface area (Å²) in [7, 11) is 4.09. The molecule has 1 aromatic carbocycles. The number of rotatable bonds is 6. The highest BCUT2D eigenvalue weighted by Crippen LogP contribution is 2.31. The number of halogens is 1. The van der Waals surface area contributed by atoms with E-state index in [2.05, 4.69) is 71.3 Å². The van der Waals surface area contributed by atoms with E-state index >= 15 is 0 Å². The number of nitrogens with one attached hydrogen (secondary N) is 1. The van der Waals surface area contributed by atoms with E-state index in [4.69, 9.17) is 4.98 Å². The van der Waals surface area contributed by atoms with E-state index in [-0.39, 0.29) is 0 Å². The zero-order valence-corrected chi connectivity index (χ0v) is 15.4. The number of hydrogen-bond donors (Lipinski definition) is 1. The lowest BCUT2D eigenvalue weighted by Gasteiger charge is -2.15. The molecule has 0 fully saturated rings. The van der Waals surface area contributed by atoms with Crippen LogP contribution in [-0.4, -0.2) is 19.1 Å². The van der Waals surface area contributed by atoms with E-state index in [0.717, 1.165) is 22.7 Å². The van der Waals surface area contributed by atoms with Crippen molar-refractivity contribution >= 4 is 32.4 Å². The highest BCUT2D eigenvalue weighted by molar-refractivity contribution is 9.10. The first kappa shape index (κ1) is 16.5. The molecule has 1 heterocycles. The summed E-state index contributed by atoms with van der Waals surface area (Å²) < 4.78 is 1.11. The van der Waals surface area contributed by atoms with E-state index in [1.165, 1.54) is 16.1 Å². The maximum Gasteiger partial charge on any atom is 0.185 e. The summed E-state index contributed by atoms with van der Waals surface area (Å²) >= 11 is 5.26. The van der Waals surface area contributed by atoms with E-state index < -0.39 is 0 Å². The van der Waals surface area contributed by atoms with Gasteiger partial charge in [-0.1, -0.05) is 41.9 Å². The predicted molar refractivity (Wildman–Crippen MR) is 95.2 cm³/mol. The van der Waals surface area contributed by atoms with Gasteiger partial charge in [0.15, 0.2) is 5.13 Å². The maximum absolute atomic E-state index is 4.84. The first-order chi connectivity index (χ1) is 10.0. The van der Waals surface area contributed by atoms with Crippen molar-refractivity contribution in [1.29, 1.82) is 0 Å². The van der Waals surface area contributed by atoms with Gasteiger partial charge in [-0.2, -0.15) is 0 Å². The predicted octanol–water partition coefficient (Wildman–Crippen LogP) is 4.38. The highest BCUT2D eigenvalue weighted by atomic mass is 79.9. The summed E-state index contributed by atoms with van der Waals surface area (Å²) in [5.41, 5.74) is 2.50. The molecule has 0 aliphatic carbocycles. The fourth-order valence-electron chi connectivity index (χ4n) is 2.18. The maximum atomic E-state index is 4.84. The van der Waals surface area contributed by atoms with Crippen molar-refractivity contribution < 1.29 is 0 Å². The van der Waals surface area contributed by atoms with Crippen LogP contribution in [0.2, 0.25) is 0 Å². The highest BCUT2D eigenvalue weighted by Gasteiger charge is 2.16. The fraction of sp³-hybridized carbons (Fsp3) is 0.438. The number of nitrogens with zero attached hydrogens (tertiary/aromatic N) is 2. The minimum atomic E-state index is 0.458. The monoisotopic (exact) mass is 367 g/mol. The average molecular weight is 368 g/mol. The van der Waals surface area contributed by atoms with Crippen molar-refractivity contribution in [2.45, 2.75) is 32.9 Å². The van der Waals surface area contributed by atoms with Gasteiger partial charge in [-0.15, -0.1) is 11.3 Å². The molecule has 2 rings (SSSR count). The largest absolute Gasteiger partial charge is 0.347 e. The molecule has 0 aliphatic rings. The molecule has 1 aromatic heterocycles. The van der Waals surface area contributed by atoms with Gasteiger partial charge in [0.1, 0.15) is 0 Å². The molecule has 0 bridgehead atoms. The van der Waals surface area contributed by atoms with Crippen LogP contribution in [0.1, 0.15) is 35.9 Å². The Morgan fingerprint density at radius 1 is 1.29 bits per heavy atom. The van der Waals surface area contributed by atoms with Gasteiger partial charge in [-0.05, 0) is 30.7 Å². The van der Waals surface area contributed by atoms with Gasteiger partial charge in [0.25, 0.3) is 0 Å². The molecular formula is C16H22BrN3S. The Labute approximate surface area is 139 Å². The van der Waals surface area contributed by atoms with E-state index in [1.807, 2.05) is 7.05 Å². The summed E-state index contributed by atoms with van der Waals surface area (Å²) in [6, 6.07) is 8.45. The van der Waals surface area contributed by atoms with Gasteiger partial charge < -0.3 is 10.2 Å². The third-order valence-electron chi connectivity index (χ3n) is 3.26. The van der Waals surface area contributed by atoms with Crippen LogP contribution in [0.3, 0.4) is 0 Å².